The number of β-amino-alcohol motifs (C(OH)–C–C–N with tert-alkyl or cyclic N) is 1. The van der Waals surface area contributed by atoms with Crippen LogP contribution in [-0.4, -0.2) is 75.7 Å². The lowest BCUT2D eigenvalue weighted by molar-refractivity contribution is -0.677. The average Bonchev–Trinajstić information content (AvgIpc) is 3.73. The first-order valence-electron chi connectivity index (χ1n) is 13.6. The third-order valence-electron chi connectivity index (χ3n) is 7.93. The molecular weight excluding hydrogens is 500 g/mol. The fourth-order valence-electron chi connectivity index (χ4n) is 5.91. The lowest BCUT2D eigenvalue weighted by Crippen LogP contribution is -2.42. The molecule has 0 saturated carbocycles. The Morgan fingerprint density at radius 3 is 2.54 bits per heavy atom. The largest absolute Gasteiger partial charge is 0.484 e. The van der Waals surface area contributed by atoms with Crippen LogP contribution in [0.1, 0.15) is 52.7 Å². The molecule has 0 radical (unpaired) electrons. The smallest absolute Gasteiger partial charge is 0.278 e. The Hall–Kier alpha value is -3.76. The molecule has 0 spiro atoms. The van der Waals surface area contributed by atoms with Crippen LogP contribution in [0, 0.1) is 0 Å². The highest BCUT2D eigenvalue weighted by Crippen LogP contribution is 2.28. The number of aliphatic hydroxyl groups excluding tert-OH is 1. The molecule has 204 valence electrons. The van der Waals surface area contributed by atoms with E-state index in [4.69, 9.17) is 9.47 Å². The predicted molar refractivity (Wildman–Crippen MR) is 140 cm³/mol. The number of likely N-dealkylation sites (tertiary alicyclic amines) is 1. The zero-order chi connectivity index (χ0) is 27.1. The number of hydrogen-bond acceptors (Lipinski definition) is 6. The lowest BCUT2D eigenvalue weighted by Gasteiger charge is -2.16. The van der Waals surface area contributed by atoms with Gasteiger partial charge in [0.05, 0.1) is 29.9 Å². The summed E-state index contributed by atoms with van der Waals surface area (Å²) in [4.78, 5) is 41.9. The van der Waals surface area contributed by atoms with Crippen LogP contribution in [0.5, 0.6) is 5.75 Å². The van der Waals surface area contributed by atoms with Crippen molar-refractivity contribution in [2.75, 3.05) is 26.3 Å². The second-order valence-corrected chi connectivity index (χ2v) is 10.4. The molecule has 2 unspecified atom stereocenters. The number of amides is 3. The van der Waals surface area contributed by atoms with Crippen molar-refractivity contribution in [1.29, 1.82) is 0 Å². The molecule has 2 aromatic carbocycles. The maximum Gasteiger partial charge on any atom is 0.278 e. The van der Waals surface area contributed by atoms with Crippen molar-refractivity contribution in [3.05, 3.63) is 59.4 Å². The van der Waals surface area contributed by atoms with Crippen molar-refractivity contribution in [2.45, 2.75) is 58.0 Å². The number of aryl methyl sites for hydroxylation is 1. The van der Waals surface area contributed by atoms with E-state index < -0.39 is 6.10 Å². The van der Waals surface area contributed by atoms with E-state index >= 15 is 0 Å². The van der Waals surface area contributed by atoms with Crippen LogP contribution >= 0.6 is 0 Å². The Kier molecular flexibility index (Phi) is 6.82. The topological polar surface area (TPSA) is 105 Å². The Balaban J connectivity index is 1.33. The molecule has 3 aliphatic heterocycles. The van der Waals surface area contributed by atoms with Crippen LogP contribution < -0.4 is 9.30 Å². The second-order valence-electron chi connectivity index (χ2n) is 10.4. The quantitative estimate of drug-likeness (QED) is 0.350. The molecule has 4 heterocycles. The Labute approximate surface area is 226 Å². The maximum absolute atomic E-state index is 13.2. The number of benzene rings is 2. The highest BCUT2D eigenvalue weighted by molar-refractivity contribution is 6.21. The van der Waals surface area contributed by atoms with Crippen molar-refractivity contribution in [3.63, 3.8) is 0 Å². The van der Waals surface area contributed by atoms with Gasteiger partial charge in [-0.15, -0.1) is 0 Å². The summed E-state index contributed by atoms with van der Waals surface area (Å²) in [5, 5.41) is 9.74. The average molecular weight is 534 g/mol. The van der Waals surface area contributed by atoms with Gasteiger partial charge in [0.15, 0.2) is 17.6 Å². The van der Waals surface area contributed by atoms with Crippen molar-refractivity contribution in [3.8, 4) is 5.75 Å². The van der Waals surface area contributed by atoms with Gasteiger partial charge in [-0.1, -0.05) is 12.1 Å². The molecule has 2 atom stereocenters. The molecule has 3 aliphatic rings. The van der Waals surface area contributed by atoms with Gasteiger partial charge in [0, 0.05) is 25.8 Å². The van der Waals surface area contributed by atoms with Gasteiger partial charge in [-0.3, -0.25) is 19.3 Å². The minimum Gasteiger partial charge on any atom is -0.484 e. The van der Waals surface area contributed by atoms with Crippen molar-refractivity contribution >= 4 is 28.8 Å². The van der Waals surface area contributed by atoms with E-state index in [2.05, 4.69) is 9.13 Å². The zero-order valence-corrected chi connectivity index (χ0v) is 22.0. The molecule has 1 aromatic heterocycles. The number of ether oxygens (including phenoxy) is 2. The summed E-state index contributed by atoms with van der Waals surface area (Å²) >= 11 is 0. The van der Waals surface area contributed by atoms with E-state index in [1.54, 1.807) is 29.2 Å². The minimum absolute atomic E-state index is 0.0274. The first-order valence-corrected chi connectivity index (χ1v) is 13.6. The van der Waals surface area contributed by atoms with Crippen molar-refractivity contribution < 1.29 is 33.5 Å². The van der Waals surface area contributed by atoms with Crippen molar-refractivity contribution in [1.82, 2.24) is 14.4 Å². The predicted octanol–water partition coefficient (Wildman–Crippen LogP) is 1.90. The molecule has 10 heteroatoms. The van der Waals surface area contributed by atoms with E-state index in [0.29, 0.717) is 56.1 Å². The number of fused-ring (bicyclic) bond motifs is 2. The summed E-state index contributed by atoms with van der Waals surface area (Å²) in [6, 6.07) is 12.6. The lowest BCUT2D eigenvalue weighted by atomic mass is 10.1. The number of nitrogens with zero attached hydrogens (tertiary/aromatic N) is 4. The molecule has 1 N–H and O–H groups in total. The Bertz CT molecular complexity index is 1410. The van der Waals surface area contributed by atoms with Crippen LogP contribution in [0.15, 0.2) is 42.5 Å². The molecular formula is C29H33N4O6+. The third kappa shape index (κ3) is 4.68. The normalized spacial score (nSPS) is 20.9. The number of imide groups is 1. The fourth-order valence-corrected chi connectivity index (χ4v) is 5.91. The van der Waals surface area contributed by atoms with E-state index in [-0.39, 0.29) is 37.0 Å². The standard InChI is InChI=1S/C29H33N4O6/c1-2-31-24-10-9-20(39-18-27(35)30-12-11-19(34)15-30)14-25(24)32(16-21-6-5-13-38-21)26(31)17-33-28(36)22-7-3-4-8-23(22)29(33)37/h3-4,7-10,14,19,21,34H,2,5-6,11-13,15-18H2,1H3/q+1. The molecule has 3 aromatic rings. The van der Waals surface area contributed by atoms with E-state index in [1.807, 2.05) is 25.1 Å². The first kappa shape index (κ1) is 25.5. The fraction of sp³-hybridized carbons (Fsp3) is 0.448. The van der Waals surface area contributed by atoms with Crippen LogP contribution in [0.3, 0.4) is 0 Å². The van der Waals surface area contributed by atoms with Gasteiger partial charge in [-0.05, 0) is 50.5 Å². The molecule has 0 bridgehead atoms. The number of carbonyl (C=O) groups is 3. The zero-order valence-electron chi connectivity index (χ0n) is 22.0. The van der Waals surface area contributed by atoms with Crippen LogP contribution in [0.25, 0.3) is 11.0 Å². The van der Waals surface area contributed by atoms with Crippen LogP contribution in [0.2, 0.25) is 0 Å². The van der Waals surface area contributed by atoms with Gasteiger partial charge in [0.25, 0.3) is 23.5 Å². The number of hydrogen-bond donors (Lipinski definition) is 1. The number of aromatic nitrogens is 2. The summed E-state index contributed by atoms with van der Waals surface area (Å²) < 4.78 is 16.1. The maximum atomic E-state index is 13.2. The highest BCUT2D eigenvalue weighted by Gasteiger charge is 2.39. The summed E-state index contributed by atoms with van der Waals surface area (Å²) in [7, 11) is 0. The second kappa shape index (κ2) is 10.4. The SMILES string of the molecule is CC[n+]1c(CN2C(=O)c3ccccc3C2=O)n(CC2CCCO2)c2cc(OCC(=O)N3CCC(O)C3)ccc21. The number of carbonyl (C=O) groups excluding carboxylic acids is 3. The number of imidazole rings is 1. The van der Waals surface area contributed by atoms with Gasteiger partial charge >= 0.3 is 0 Å². The monoisotopic (exact) mass is 533 g/mol. The molecule has 6 rings (SSSR count). The van der Waals surface area contributed by atoms with E-state index in [1.165, 1.54) is 4.90 Å². The summed E-state index contributed by atoms with van der Waals surface area (Å²) in [5.74, 6) is 0.647. The third-order valence-corrected chi connectivity index (χ3v) is 7.93. The van der Waals surface area contributed by atoms with Gasteiger partial charge in [0.1, 0.15) is 18.8 Å². The summed E-state index contributed by atoms with van der Waals surface area (Å²) in [6.07, 6.45) is 2.06. The Morgan fingerprint density at radius 2 is 1.90 bits per heavy atom. The summed E-state index contributed by atoms with van der Waals surface area (Å²) in [5.41, 5.74) is 2.69. The molecule has 10 nitrogen and oxygen atoms in total. The number of rotatable bonds is 8. The molecule has 3 amide bonds. The minimum atomic E-state index is -0.476. The van der Waals surface area contributed by atoms with Crippen LogP contribution in [-0.2, 0) is 29.2 Å². The van der Waals surface area contributed by atoms with Gasteiger partial charge < -0.3 is 19.5 Å². The van der Waals surface area contributed by atoms with Crippen molar-refractivity contribution in [2.24, 2.45) is 0 Å². The summed E-state index contributed by atoms with van der Waals surface area (Å²) in [6.45, 7) is 4.86. The number of aliphatic hydroxyl groups is 1. The molecule has 0 aliphatic carbocycles. The van der Waals surface area contributed by atoms with E-state index in [9.17, 15) is 19.5 Å². The molecule has 2 fully saturated rings. The molecule has 39 heavy (non-hydrogen) atoms. The van der Waals surface area contributed by atoms with Crippen LogP contribution in [0.4, 0.5) is 0 Å². The van der Waals surface area contributed by atoms with Gasteiger partial charge in [-0.2, -0.15) is 0 Å². The molecule has 2 saturated heterocycles. The van der Waals surface area contributed by atoms with E-state index in [0.717, 1.165) is 29.7 Å². The highest BCUT2D eigenvalue weighted by atomic mass is 16.5. The van der Waals surface area contributed by atoms with Gasteiger partial charge in [-0.25, -0.2) is 9.13 Å². The van der Waals surface area contributed by atoms with Gasteiger partial charge in [0.2, 0.25) is 0 Å². The first-order chi connectivity index (χ1) is 18.9. The Morgan fingerprint density at radius 1 is 1.13 bits per heavy atom.